The molecule has 3 N–H and O–H groups in total. The monoisotopic (exact) mass is 259 g/mol. The highest BCUT2D eigenvalue weighted by Crippen LogP contribution is 2.19. The van der Waals surface area contributed by atoms with E-state index in [0.717, 1.165) is 6.26 Å². The van der Waals surface area contributed by atoms with Gasteiger partial charge in [-0.2, -0.15) is 8.42 Å². The second-order valence-corrected chi connectivity index (χ2v) is 5.14. The highest BCUT2D eigenvalue weighted by molar-refractivity contribution is 7.86. The Labute approximate surface area is 99.1 Å². The van der Waals surface area contributed by atoms with Crippen molar-refractivity contribution in [3.8, 4) is 5.75 Å². The van der Waals surface area contributed by atoms with Gasteiger partial charge in [0.05, 0.1) is 12.7 Å². The van der Waals surface area contributed by atoms with E-state index in [1.54, 1.807) is 0 Å². The summed E-state index contributed by atoms with van der Waals surface area (Å²) in [5.41, 5.74) is 6.24. The standard InChI is InChI=1S/C10H13NO5S/c1-17(14,15)16-8-4-2-7(3-5-8)9(11)6-10(12)13/h2-5,9H,6,11H2,1H3,(H,12,13). The van der Waals surface area contributed by atoms with Crippen molar-refractivity contribution in [1.29, 1.82) is 0 Å². The summed E-state index contributed by atoms with van der Waals surface area (Å²) in [6.45, 7) is 0. The van der Waals surface area contributed by atoms with E-state index in [0.29, 0.717) is 5.56 Å². The van der Waals surface area contributed by atoms with Crippen molar-refractivity contribution < 1.29 is 22.5 Å². The summed E-state index contributed by atoms with van der Waals surface area (Å²) in [6, 6.07) is 5.30. The highest BCUT2D eigenvalue weighted by Gasteiger charge is 2.11. The molecule has 0 aromatic heterocycles. The second-order valence-electron chi connectivity index (χ2n) is 3.56. The number of carbonyl (C=O) groups is 1. The topological polar surface area (TPSA) is 107 Å². The quantitative estimate of drug-likeness (QED) is 0.746. The lowest BCUT2D eigenvalue weighted by molar-refractivity contribution is -0.137. The zero-order valence-electron chi connectivity index (χ0n) is 9.16. The maximum Gasteiger partial charge on any atom is 0.306 e. The van der Waals surface area contributed by atoms with Crippen LogP contribution in [0.25, 0.3) is 0 Å². The van der Waals surface area contributed by atoms with Gasteiger partial charge >= 0.3 is 16.1 Å². The Balaban J connectivity index is 2.77. The lowest BCUT2D eigenvalue weighted by atomic mass is 10.1. The first-order valence-electron chi connectivity index (χ1n) is 4.75. The Morgan fingerprint density at radius 1 is 1.41 bits per heavy atom. The minimum absolute atomic E-state index is 0.166. The molecule has 0 fully saturated rings. The summed E-state index contributed by atoms with van der Waals surface area (Å²) in [5.74, 6) is -0.826. The summed E-state index contributed by atoms with van der Waals surface area (Å²) >= 11 is 0. The van der Waals surface area contributed by atoms with E-state index in [9.17, 15) is 13.2 Å². The first-order valence-corrected chi connectivity index (χ1v) is 6.56. The van der Waals surface area contributed by atoms with Crippen molar-refractivity contribution in [3.05, 3.63) is 29.8 Å². The molecule has 1 aromatic carbocycles. The average Bonchev–Trinajstić information content (AvgIpc) is 2.15. The number of carboxylic acids is 1. The first kappa shape index (κ1) is 13.5. The van der Waals surface area contributed by atoms with Crippen LogP contribution in [-0.2, 0) is 14.9 Å². The SMILES string of the molecule is CS(=O)(=O)Oc1ccc(C(N)CC(=O)O)cc1. The Morgan fingerprint density at radius 3 is 2.35 bits per heavy atom. The van der Waals surface area contributed by atoms with Crippen LogP contribution in [0.1, 0.15) is 18.0 Å². The third kappa shape index (κ3) is 4.83. The van der Waals surface area contributed by atoms with E-state index < -0.39 is 22.1 Å². The van der Waals surface area contributed by atoms with Crippen LogP contribution < -0.4 is 9.92 Å². The van der Waals surface area contributed by atoms with E-state index in [1.165, 1.54) is 24.3 Å². The molecule has 0 bridgehead atoms. The van der Waals surface area contributed by atoms with Crippen molar-refractivity contribution >= 4 is 16.1 Å². The van der Waals surface area contributed by atoms with Crippen LogP contribution in [0.3, 0.4) is 0 Å². The van der Waals surface area contributed by atoms with Crippen molar-refractivity contribution in [1.82, 2.24) is 0 Å². The third-order valence-electron chi connectivity index (χ3n) is 1.95. The largest absolute Gasteiger partial charge is 0.481 e. The van der Waals surface area contributed by atoms with Gasteiger partial charge in [0.15, 0.2) is 0 Å². The second kappa shape index (κ2) is 5.15. The fourth-order valence-corrected chi connectivity index (χ4v) is 1.71. The van der Waals surface area contributed by atoms with Crippen LogP contribution in [0.2, 0.25) is 0 Å². The van der Waals surface area contributed by atoms with Gasteiger partial charge in [-0.3, -0.25) is 4.79 Å². The number of carboxylic acid groups (broad SMARTS) is 1. The molecule has 0 amide bonds. The molecule has 0 aliphatic heterocycles. The van der Waals surface area contributed by atoms with E-state index in [4.69, 9.17) is 10.8 Å². The van der Waals surface area contributed by atoms with Crippen LogP contribution >= 0.6 is 0 Å². The van der Waals surface area contributed by atoms with Gasteiger partial charge in [-0.1, -0.05) is 12.1 Å². The predicted octanol–water partition coefficient (Wildman–Crippen LogP) is 0.499. The molecule has 1 rings (SSSR count). The molecule has 0 heterocycles. The van der Waals surface area contributed by atoms with Crippen LogP contribution in [0, 0.1) is 0 Å². The Morgan fingerprint density at radius 2 is 1.94 bits per heavy atom. The summed E-state index contributed by atoms with van der Waals surface area (Å²) in [6.07, 6.45) is 0.753. The molecular formula is C10H13NO5S. The molecule has 1 atom stereocenters. The van der Waals surface area contributed by atoms with E-state index in [1.807, 2.05) is 0 Å². The van der Waals surface area contributed by atoms with E-state index in [-0.39, 0.29) is 12.2 Å². The maximum atomic E-state index is 10.8. The summed E-state index contributed by atoms with van der Waals surface area (Å²) in [7, 11) is -3.55. The molecular weight excluding hydrogens is 246 g/mol. The number of hydrogen-bond acceptors (Lipinski definition) is 5. The van der Waals surface area contributed by atoms with Crippen LogP contribution in [-0.4, -0.2) is 25.7 Å². The number of benzene rings is 1. The average molecular weight is 259 g/mol. The summed E-state index contributed by atoms with van der Waals surface area (Å²) < 4.78 is 26.3. The van der Waals surface area contributed by atoms with Crippen molar-refractivity contribution in [3.63, 3.8) is 0 Å². The van der Waals surface area contributed by atoms with Crippen molar-refractivity contribution in [2.45, 2.75) is 12.5 Å². The lowest BCUT2D eigenvalue weighted by Crippen LogP contribution is -2.15. The minimum Gasteiger partial charge on any atom is -0.481 e. The smallest absolute Gasteiger partial charge is 0.306 e. The normalized spacial score (nSPS) is 13.1. The predicted molar refractivity (Wildman–Crippen MR) is 61.1 cm³/mol. The molecule has 6 nitrogen and oxygen atoms in total. The fourth-order valence-electron chi connectivity index (χ4n) is 1.25. The Hall–Kier alpha value is -1.60. The molecule has 1 aromatic rings. The molecule has 7 heteroatoms. The van der Waals surface area contributed by atoms with Gasteiger partial charge in [0.2, 0.25) is 0 Å². The zero-order valence-corrected chi connectivity index (χ0v) is 9.98. The van der Waals surface area contributed by atoms with Gasteiger partial charge in [0.25, 0.3) is 0 Å². The Bertz CT molecular complexity index is 494. The molecule has 0 aliphatic rings. The lowest BCUT2D eigenvalue weighted by Gasteiger charge is -2.10. The molecule has 94 valence electrons. The van der Waals surface area contributed by atoms with E-state index in [2.05, 4.69) is 4.18 Å². The highest BCUT2D eigenvalue weighted by atomic mass is 32.2. The van der Waals surface area contributed by atoms with Gasteiger partial charge in [0.1, 0.15) is 5.75 Å². The van der Waals surface area contributed by atoms with Crippen LogP contribution in [0.4, 0.5) is 0 Å². The van der Waals surface area contributed by atoms with Gasteiger partial charge in [-0.25, -0.2) is 0 Å². The van der Waals surface area contributed by atoms with Gasteiger partial charge < -0.3 is 15.0 Å². The summed E-state index contributed by atoms with van der Waals surface area (Å²) in [4.78, 5) is 10.5. The van der Waals surface area contributed by atoms with Gasteiger partial charge in [0, 0.05) is 6.04 Å². The number of aliphatic carboxylic acids is 1. The van der Waals surface area contributed by atoms with Crippen LogP contribution in [0.5, 0.6) is 5.75 Å². The molecule has 0 radical (unpaired) electrons. The number of hydrogen-bond donors (Lipinski definition) is 2. The van der Waals surface area contributed by atoms with Gasteiger partial charge in [-0.15, -0.1) is 0 Å². The van der Waals surface area contributed by atoms with Crippen molar-refractivity contribution in [2.24, 2.45) is 5.73 Å². The molecule has 0 saturated heterocycles. The van der Waals surface area contributed by atoms with Gasteiger partial charge in [-0.05, 0) is 17.7 Å². The Kier molecular flexibility index (Phi) is 4.08. The van der Waals surface area contributed by atoms with Crippen LogP contribution in [0.15, 0.2) is 24.3 Å². The fraction of sp³-hybridized carbons (Fsp3) is 0.300. The molecule has 1 unspecified atom stereocenters. The van der Waals surface area contributed by atoms with Crippen molar-refractivity contribution in [2.75, 3.05) is 6.26 Å². The zero-order chi connectivity index (χ0) is 13.1. The molecule has 0 aliphatic carbocycles. The van der Waals surface area contributed by atoms with E-state index >= 15 is 0 Å². The number of rotatable bonds is 5. The molecule has 17 heavy (non-hydrogen) atoms. The first-order chi connectivity index (χ1) is 7.78. The third-order valence-corrected chi connectivity index (χ3v) is 2.45. The minimum atomic E-state index is -3.55. The molecule has 0 spiro atoms. The molecule has 0 saturated carbocycles. The number of nitrogens with two attached hydrogens (primary N) is 1. The maximum absolute atomic E-state index is 10.8. The summed E-state index contributed by atoms with van der Waals surface area (Å²) in [5, 5.41) is 8.57.